The molecule has 4 heteroatoms. The normalized spacial score (nSPS) is 12.2. The van der Waals surface area contributed by atoms with E-state index in [1.807, 2.05) is 11.4 Å². The molecule has 0 aliphatic carbocycles. The van der Waals surface area contributed by atoms with E-state index in [0.29, 0.717) is 0 Å². The quantitative estimate of drug-likeness (QED) is 0.732. The molecule has 3 nitrogen and oxygen atoms in total. The Labute approximate surface area is 84.5 Å². The van der Waals surface area contributed by atoms with Gasteiger partial charge in [-0.1, -0.05) is 0 Å². The zero-order valence-electron chi connectivity index (χ0n) is 7.74. The van der Waals surface area contributed by atoms with E-state index in [0.717, 1.165) is 6.42 Å². The second kappa shape index (κ2) is 6.50. The van der Waals surface area contributed by atoms with Gasteiger partial charge in [0.05, 0.1) is 0 Å². The van der Waals surface area contributed by atoms with Crippen LogP contribution in [0.4, 0.5) is 0 Å². The monoisotopic (exact) mass is 341 g/mol. The molecule has 0 fully saturated rings. The summed E-state index contributed by atoms with van der Waals surface area (Å²) >= 11 is 1.29. The number of rotatable bonds is 5. The second-order valence-electron chi connectivity index (χ2n) is 2.60. The summed E-state index contributed by atoms with van der Waals surface area (Å²) in [5.41, 5.74) is 0. The molecule has 1 atom stereocenters. The van der Waals surface area contributed by atoms with Crippen molar-refractivity contribution in [2.45, 2.75) is 26.3 Å². The van der Waals surface area contributed by atoms with Crippen LogP contribution in [0, 0.1) is 0 Å². The molecule has 70 valence electrons. The summed E-state index contributed by atoms with van der Waals surface area (Å²) in [5, 5.41) is 0. The molecule has 0 spiro atoms. The summed E-state index contributed by atoms with van der Waals surface area (Å²) in [6, 6.07) is 0.283. The minimum atomic E-state index is 0.0434. The van der Waals surface area contributed by atoms with Gasteiger partial charge in [-0.2, -0.15) is 0 Å². The predicted molar refractivity (Wildman–Crippen MR) is 44.5 cm³/mol. The maximum absolute atomic E-state index is 11.4. The van der Waals surface area contributed by atoms with Gasteiger partial charge in [0.1, 0.15) is 0 Å². The molecule has 0 aromatic heterocycles. The predicted octanol–water partition coefficient (Wildman–Crippen LogP) is 0.566. The molecule has 0 radical (unpaired) electrons. The minimum absolute atomic E-state index is 0.0434. The van der Waals surface area contributed by atoms with Gasteiger partial charge in [-0.25, -0.2) is 0 Å². The van der Waals surface area contributed by atoms with Gasteiger partial charge >= 0.3 is 84.2 Å². The molecule has 0 aromatic carbocycles. The van der Waals surface area contributed by atoms with Gasteiger partial charge in [0.15, 0.2) is 0 Å². The van der Waals surface area contributed by atoms with Crippen molar-refractivity contribution in [3.8, 4) is 0 Å². The zero-order chi connectivity index (χ0) is 9.56. The van der Waals surface area contributed by atoms with Crippen LogP contribution in [0.5, 0.6) is 0 Å². The fourth-order valence-electron chi connectivity index (χ4n) is 0.803. The van der Waals surface area contributed by atoms with E-state index >= 15 is 0 Å². The van der Waals surface area contributed by atoms with Crippen LogP contribution in [0.3, 0.4) is 0 Å². The summed E-state index contributed by atoms with van der Waals surface area (Å²) < 4.78 is 6.66. The number of methoxy groups -OCH3 is 1. The fourth-order valence-corrected chi connectivity index (χ4v) is 1.97. The van der Waals surface area contributed by atoms with Crippen molar-refractivity contribution in [1.29, 1.82) is 0 Å². The van der Waals surface area contributed by atoms with E-state index in [1.165, 1.54) is 26.5 Å². The molecule has 0 aliphatic rings. The van der Waals surface area contributed by atoms with E-state index in [-0.39, 0.29) is 18.6 Å². The van der Waals surface area contributed by atoms with E-state index < -0.39 is 0 Å². The number of ether oxygens (including phenoxy) is 1. The van der Waals surface area contributed by atoms with Gasteiger partial charge in [0.2, 0.25) is 0 Å². The SMILES string of the molecule is CCC(C)N([CH]=[W])C(=O)COC. The van der Waals surface area contributed by atoms with Crippen LogP contribution in [0.1, 0.15) is 20.3 Å². The van der Waals surface area contributed by atoms with Gasteiger partial charge in [-0.3, -0.25) is 0 Å². The van der Waals surface area contributed by atoms with Gasteiger partial charge in [0, 0.05) is 0 Å². The van der Waals surface area contributed by atoms with Crippen LogP contribution < -0.4 is 0 Å². The first kappa shape index (κ1) is 12.0. The molecule has 0 saturated carbocycles. The number of carbonyl (C=O) groups excluding carboxylic acids is 1. The van der Waals surface area contributed by atoms with E-state index in [2.05, 4.69) is 6.92 Å². The van der Waals surface area contributed by atoms with E-state index in [9.17, 15) is 4.79 Å². The Balaban J connectivity index is 4.13. The van der Waals surface area contributed by atoms with Crippen LogP contribution in [0.2, 0.25) is 0 Å². The van der Waals surface area contributed by atoms with Crippen molar-refractivity contribution >= 4 is 10.4 Å². The number of hydrogen-bond acceptors (Lipinski definition) is 2. The van der Waals surface area contributed by atoms with Crippen molar-refractivity contribution < 1.29 is 28.9 Å². The number of hydrogen-bond donors (Lipinski definition) is 0. The molecular weight excluding hydrogens is 326 g/mol. The number of carbonyl (C=O) groups is 1. The zero-order valence-corrected chi connectivity index (χ0v) is 10.7. The van der Waals surface area contributed by atoms with Gasteiger partial charge in [-0.15, -0.1) is 0 Å². The molecule has 0 heterocycles. The van der Waals surface area contributed by atoms with Crippen LogP contribution in [-0.2, 0) is 28.9 Å². The van der Waals surface area contributed by atoms with Crippen molar-refractivity contribution in [3.63, 3.8) is 0 Å². The summed E-state index contributed by atoms with van der Waals surface area (Å²) in [5.74, 6) is 0.0434. The van der Waals surface area contributed by atoms with Gasteiger partial charge in [0.25, 0.3) is 0 Å². The first-order valence-corrected chi connectivity index (χ1v) is 5.62. The number of amides is 1. The molecule has 0 rings (SSSR count). The molecule has 0 aliphatic heterocycles. The third-order valence-corrected chi connectivity index (χ3v) is 2.55. The van der Waals surface area contributed by atoms with Crippen molar-refractivity contribution in [2.24, 2.45) is 0 Å². The molecule has 0 aromatic rings. The van der Waals surface area contributed by atoms with Crippen LogP contribution in [-0.4, -0.2) is 35.1 Å². The average molecular weight is 341 g/mol. The standard InChI is InChI=1S/C8H15NO2.W/c1-5-7(2)9(3)8(10)6-11-4;/h3,7H,5-6H2,1-2,4H3;. The summed E-state index contributed by atoms with van der Waals surface area (Å²) in [6.07, 6.45) is 0.971. The second-order valence-corrected chi connectivity index (χ2v) is 3.35. The van der Waals surface area contributed by atoms with Gasteiger partial charge < -0.3 is 0 Å². The third kappa shape index (κ3) is 3.59. The topological polar surface area (TPSA) is 29.5 Å². The first-order valence-electron chi connectivity index (χ1n) is 3.92. The Hall–Kier alpha value is -0.0117. The molecule has 1 amide bonds. The van der Waals surface area contributed by atoms with E-state index in [1.54, 1.807) is 4.90 Å². The van der Waals surface area contributed by atoms with Crippen molar-refractivity contribution in [1.82, 2.24) is 4.90 Å². The molecule has 0 saturated heterocycles. The van der Waals surface area contributed by atoms with Crippen LogP contribution in [0.15, 0.2) is 0 Å². The summed E-state index contributed by atoms with van der Waals surface area (Å²) in [7, 11) is 1.54. The first-order chi connectivity index (χ1) is 5.67. The Kier molecular flexibility index (Phi) is 6.49. The van der Waals surface area contributed by atoms with Crippen molar-refractivity contribution in [2.75, 3.05) is 13.7 Å². The fraction of sp³-hybridized carbons (Fsp3) is 0.750. The Morgan fingerprint density at radius 1 is 1.75 bits per heavy atom. The maximum atomic E-state index is 11.4. The Morgan fingerprint density at radius 2 is 2.33 bits per heavy atom. The van der Waals surface area contributed by atoms with E-state index in [4.69, 9.17) is 4.74 Å². The molecule has 1 unspecified atom stereocenters. The summed E-state index contributed by atoms with van der Waals surface area (Å²) in [6.45, 7) is 4.28. The Bertz CT molecular complexity index is 161. The van der Waals surface area contributed by atoms with Crippen LogP contribution >= 0.6 is 0 Å². The number of nitrogens with zero attached hydrogens (tertiary/aromatic N) is 1. The van der Waals surface area contributed by atoms with Crippen LogP contribution in [0.25, 0.3) is 0 Å². The third-order valence-electron chi connectivity index (χ3n) is 1.74. The molecule has 12 heavy (non-hydrogen) atoms. The average Bonchev–Trinajstić information content (AvgIpc) is 2.06. The Morgan fingerprint density at radius 3 is 2.67 bits per heavy atom. The summed E-state index contributed by atoms with van der Waals surface area (Å²) in [4.78, 5) is 13.1. The van der Waals surface area contributed by atoms with Crippen molar-refractivity contribution in [3.05, 3.63) is 0 Å². The molecule has 0 N–H and O–H groups in total. The van der Waals surface area contributed by atoms with Gasteiger partial charge in [-0.05, 0) is 0 Å². The molecular formula is C8H15NO2W. The molecule has 0 bridgehead atoms.